The van der Waals surface area contributed by atoms with Crippen LogP contribution in [0.4, 0.5) is 0 Å². The van der Waals surface area contributed by atoms with Crippen LogP contribution < -0.4 is 16.2 Å². The van der Waals surface area contributed by atoms with E-state index >= 15 is 0 Å². The summed E-state index contributed by atoms with van der Waals surface area (Å²) in [6.45, 7) is 6.55. The van der Waals surface area contributed by atoms with Gasteiger partial charge in [-0.1, -0.05) is 0 Å². The fraction of sp³-hybridized carbons (Fsp3) is 0.778. The molecule has 3 N–H and O–H groups in total. The van der Waals surface area contributed by atoms with Crippen molar-refractivity contribution in [3.05, 3.63) is 0 Å². The van der Waals surface area contributed by atoms with Gasteiger partial charge in [-0.05, 0) is 33.0 Å². The number of rotatable bonds is 0. The molecule has 0 bridgehead atoms. The summed E-state index contributed by atoms with van der Waals surface area (Å²) in [5.41, 5.74) is 5.34. The van der Waals surface area contributed by atoms with Gasteiger partial charge in [0.05, 0.1) is 0 Å². The van der Waals surface area contributed by atoms with E-state index in [0.717, 1.165) is 6.42 Å². The van der Waals surface area contributed by atoms with E-state index in [9.17, 15) is 4.79 Å². The third-order valence-electron chi connectivity index (χ3n) is 2.85. The molecule has 0 aliphatic carbocycles. The third-order valence-corrected chi connectivity index (χ3v) is 3.17. The summed E-state index contributed by atoms with van der Waals surface area (Å²) in [4.78, 5) is 13.2. The molecule has 0 aromatic heterocycles. The van der Waals surface area contributed by atoms with Gasteiger partial charge >= 0.3 is 0 Å². The van der Waals surface area contributed by atoms with Crippen molar-refractivity contribution < 1.29 is 4.79 Å². The molecule has 0 saturated carbocycles. The molecule has 2 heterocycles. The molecule has 2 aliphatic rings. The number of fused-ring (bicyclic) bond motifs is 1. The van der Waals surface area contributed by atoms with E-state index in [1.165, 1.54) is 0 Å². The van der Waals surface area contributed by atoms with Gasteiger partial charge < -0.3 is 10.2 Å². The second-order valence-corrected chi connectivity index (χ2v) is 5.41. The average molecular weight is 228 g/mol. The smallest absolute Gasteiger partial charge is 0.253 e. The molecular weight excluding hydrogens is 212 g/mol. The number of amides is 1. The molecule has 0 spiro atoms. The first-order valence-corrected chi connectivity index (χ1v) is 5.39. The van der Waals surface area contributed by atoms with Crippen molar-refractivity contribution in [2.24, 2.45) is 0 Å². The fourth-order valence-electron chi connectivity index (χ4n) is 2.33. The molecule has 1 atom stereocenters. The van der Waals surface area contributed by atoms with Gasteiger partial charge in [0.1, 0.15) is 12.2 Å². The second-order valence-electron chi connectivity index (χ2n) is 5.02. The van der Waals surface area contributed by atoms with Crippen LogP contribution in [0.1, 0.15) is 27.2 Å². The Labute approximate surface area is 94.5 Å². The molecular formula is C9H16N4OS. The molecule has 2 rings (SSSR count). The number of hydrogen-bond donors (Lipinski definition) is 3. The lowest BCUT2D eigenvalue weighted by atomic mass is 9.88. The van der Waals surface area contributed by atoms with Crippen molar-refractivity contribution in [2.75, 3.05) is 6.54 Å². The minimum atomic E-state index is -0.292. The van der Waals surface area contributed by atoms with E-state index < -0.39 is 0 Å². The molecule has 0 aromatic rings. The van der Waals surface area contributed by atoms with E-state index in [1.54, 1.807) is 0 Å². The number of carbonyl (C=O) groups excluding carboxylic acids is 1. The van der Waals surface area contributed by atoms with Crippen molar-refractivity contribution >= 4 is 23.2 Å². The van der Waals surface area contributed by atoms with Gasteiger partial charge in [0.15, 0.2) is 5.11 Å². The van der Waals surface area contributed by atoms with Gasteiger partial charge in [0, 0.05) is 12.0 Å². The number of nitrogens with one attached hydrogen (secondary N) is 3. The SMILES string of the molecule is CC1(C)CC2(C)NNC(=O)CN2C(=S)N1. The Morgan fingerprint density at radius 2 is 2.07 bits per heavy atom. The Balaban J connectivity index is 2.28. The molecule has 5 nitrogen and oxygen atoms in total. The highest BCUT2D eigenvalue weighted by Gasteiger charge is 2.47. The summed E-state index contributed by atoms with van der Waals surface area (Å²) in [6, 6.07) is 0. The van der Waals surface area contributed by atoms with Crippen LogP contribution in [0.3, 0.4) is 0 Å². The Kier molecular flexibility index (Phi) is 2.16. The van der Waals surface area contributed by atoms with Crippen LogP contribution >= 0.6 is 12.2 Å². The van der Waals surface area contributed by atoms with Gasteiger partial charge in [0.25, 0.3) is 5.91 Å². The first-order valence-electron chi connectivity index (χ1n) is 4.98. The second kappa shape index (κ2) is 3.05. The lowest BCUT2D eigenvalue weighted by Gasteiger charge is -2.54. The Morgan fingerprint density at radius 3 is 2.73 bits per heavy atom. The highest BCUT2D eigenvalue weighted by Crippen LogP contribution is 2.29. The molecule has 2 fully saturated rings. The molecule has 2 aliphatic heterocycles. The number of hydrogen-bond acceptors (Lipinski definition) is 3. The van der Waals surface area contributed by atoms with E-state index in [1.807, 2.05) is 11.8 Å². The fourth-order valence-corrected chi connectivity index (χ4v) is 2.87. The predicted molar refractivity (Wildman–Crippen MR) is 60.8 cm³/mol. The first kappa shape index (κ1) is 10.6. The van der Waals surface area contributed by atoms with Gasteiger partial charge in [-0.3, -0.25) is 10.2 Å². The van der Waals surface area contributed by atoms with Crippen molar-refractivity contribution in [3.8, 4) is 0 Å². The zero-order valence-corrected chi connectivity index (χ0v) is 9.99. The molecule has 0 radical (unpaired) electrons. The third kappa shape index (κ3) is 1.79. The summed E-state index contributed by atoms with van der Waals surface area (Å²) in [7, 11) is 0. The molecule has 15 heavy (non-hydrogen) atoms. The largest absolute Gasteiger partial charge is 0.357 e. The normalized spacial score (nSPS) is 34.2. The maximum atomic E-state index is 11.3. The minimum absolute atomic E-state index is 0.0581. The van der Waals surface area contributed by atoms with E-state index in [2.05, 4.69) is 30.0 Å². The van der Waals surface area contributed by atoms with Crippen molar-refractivity contribution in [2.45, 2.75) is 38.4 Å². The van der Waals surface area contributed by atoms with E-state index in [4.69, 9.17) is 12.2 Å². The monoisotopic (exact) mass is 228 g/mol. The summed E-state index contributed by atoms with van der Waals surface area (Å²) >= 11 is 5.27. The zero-order chi connectivity index (χ0) is 11.3. The molecule has 6 heteroatoms. The predicted octanol–water partition coefficient (Wildman–Crippen LogP) is -0.304. The van der Waals surface area contributed by atoms with Gasteiger partial charge in [-0.15, -0.1) is 0 Å². The number of carbonyl (C=O) groups is 1. The van der Waals surface area contributed by atoms with Crippen LogP contribution in [0.2, 0.25) is 0 Å². The minimum Gasteiger partial charge on any atom is -0.357 e. The maximum absolute atomic E-state index is 11.3. The van der Waals surface area contributed by atoms with Crippen molar-refractivity contribution in [1.29, 1.82) is 0 Å². The number of nitrogens with zero attached hydrogens (tertiary/aromatic N) is 1. The lowest BCUT2D eigenvalue weighted by molar-refractivity contribution is -0.130. The molecule has 0 aromatic carbocycles. The number of thiocarbonyl (C=S) groups is 1. The van der Waals surface area contributed by atoms with Crippen LogP contribution in [0.5, 0.6) is 0 Å². The van der Waals surface area contributed by atoms with Crippen LogP contribution in [0.15, 0.2) is 0 Å². The summed E-state index contributed by atoms with van der Waals surface area (Å²) in [5, 5.41) is 3.87. The summed E-state index contributed by atoms with van der Waals surface area (Å²) in [5.74, 6) is -0.0590. The van der Waals surface area contributed by atoms with Crippen LogP contribution in [0.25, 0.3) is 0 Å². The topological polar surface area (TPSA) is 56.4 Å². The highest BCUT2D eigenvalue weighted by molar-refractivity contribution is 7.80. The molecule has 84 valence electrons. The molecule has 1 unspecified atom stereocenters. The Hall–Kier alpha value is -0.880. The van der Waals surface area contributed by atoms with Crippen LogP contribution in [-0.2, 0) is 4.79 Å². The van der Waals surface area contributed by atoms with Crippen LogP contribution in [-0.4, -0.2) is 33.7 Å². The van der Waals surface area contributed by atoms with Crippen molar-refractivity contribution in [1.82, 2.24) is 21.1 Å². The highest BCUT2D eigenvalue weighted by atomic mass is 32.1. The number of hydrazine groups is 1. The van der Waals surface area contributed by atoms with Gasteiger partial charge in [-0.25, -0.2) is 5.43 Å². The van der Waals surface area contributed by atoms with Crippen LogP contribution in [0, 0.1) is 0 Å². The first-order chi connectivity index (χ1) is 6.82. The van der Waals surface area contributed by atoms with E-state index in [0.29, 0.717) is 11.7 Å². The van der Waals surface area contributed by atoms with E-state index in [-0.39, 0.29) is 17.1 Å². The average Bonchev–Trinajstić information content (AvgIpc) is 2.05. The summed E-state index contributed by atoms with van der Waals surface area (Å²) in [6.07, 6.45) is 0.862. The summed E-state index contributed by atoms with van der Waals surface area (Å²) < 4.78 is 0. The lowest BCUT2D eigenvalue weighted by Crippen LogP contribution is -2.77. The quantitative estimate of drug-likeness (QED) is 0.497. The Bertz CT molecular complexity index is 330. The van der Waals surface area contributed by atoms with Crippen molar-refractivity contribution in [3.63, 3.8) is 0 Å². The molecule has 2 saturated heterocycles. The standard InChI is InChI=1S/C9H16N4OS/c1-8(2)5-9(3)12-11-6(14)4-13(9)7(15)10-8/h12H,4-5H2,1-3H3,(H,10,15)(H,11,14). The zero-order valence-electron chi connectivity index (χ0n) is 9.18. The van der Waals surface area contributed by atoms with Gasteiger partial charge in [0.2, 0.25) is 0 Å². The molecule has 1 amide bonds. The van der Waals surface area contributed by atoms with Gasteiger partial charge in [-0.2, -0.15) is 0 Å². The maximum Gasteiger partial charge on any atom is 0.253 e. The Morgan fingerprint density at radius 1 is 1.40 bits per heavy atom.